The predicted octanol–water partition coefficient (Wildman–Crippen LogP) is 0.758. The number of ether oxygens (including phenoxy) is 2. The van der Waals surface area contributed by atoms with Crippen molar-refractivity contribution in [2.75, 3.05) is 7.11 Å². The minimum atomic E-state index is -0.980. The first-order valence-corrected chi connectivity index (χ1v) is 5.48. The number of cyclic esters (lactones) is 1. The molecule has 1 heterocycles. The molecule has 0 spiro atoms. The molecule has 5 nitrogen and oxygen atoms in total. The van der Waals surface area contributed by atoms with Crippen LogP contribution in [0.15, 0.2) is 42.1 Å². The fourth-order valence-corrected chi connectivity index (χ4v) is 1.64. The molecule has 0 aliphatic carbocycles. The number of methoxy groups -OCH3 is 1. The van der Waals surface area contributed by atoms with E-state index in [0.717, 1.165) is 5.56 Å². The van der Waals surface area contributed by atoms with Gasteiger partial charge < -0.3 is 14.8 Å². The first kappa shape index (κ1) is 12.2. The summed E-state index contributed by atoms with van der Waals surface area (Å²) < 4.78 is 9.41. The second-order valence-electron chi connectivity index (χ2n) is 3.78. The first-order valence-electron chi connectivity index (χ1n) is 5.48. The predicted molar refractivity (Wildman–Crippen MR) is 63.3 cm³/mol. The highest BCUT2D eigenvalue weighted by molar-refractivity contribution is 5.92. The summed E-state index contributed by atoms with van der Waals surface area (Å²) in [6, 6.07) is 9.64. The number of nitrogens with one attached hydrogen (secondary N) is 1. The van der Waals surface area contributed by atoms with Crippen molar-refractivity contribution in [2.45, 2.75) is 12.6 Å². The summed E-state index contributed by atoms with van der Waals surface area (Å²) in [5, 5.41) is 3.01. The van der Waals surface area contributed by atoms with Crippen LogP contribution in [-0.2, 0) is 25.6 Å². The van der Waals surface area contributed by atoms with Crippen LogP contribution in [0.1, 0.15) is 5.56 Å². The zero-order valence-electron chi connectivity index (χ0n) is 9.88. The van der Waals surface area contributed by atoms with Gasteiger partial charge in [-0.15, -0.1) is 0 Å². The monoisotopic (exact) mass is 247 g/mol. The third-order valence-corrected chi connectivity index (χ3v) is 2.54. The molecular formula is C13H13NO4. The Hall–Kier alpha value is -2.30. The van der Waals surface area contributed by atoms with Gasteiger partial charge in [-0.2, -0.15) is 0 Å². The number of carbonyl (C=O) groups excluding carboxylic acids is 2. The molecule has 1 aromatic rings. The van der Waals surface area contributed by atoms with Gasteiger partial charge in [-0.3, -0.25) is 0 Å². The Labute approximate surface area is 104 Å². The Morgan fingerprint density at radius 2 is 2.11 bits per heavy atom. The van der Waals surface area contributed by atoms with Crippen LogP contribution >= 0.6 is 0 Å². The van der Waals surface area contributed by atoms with Gasteiger partial charge in [-0.25, -0.2) is 9.59 Å². The number of benzene rings is 1. The Bertz CT molecular complexity index is 481. The lowest BCUT2D eigenvalue weighted by Crippen LogP contribution is -2.31. The molecule has 0 saturated heterocycles. The molecule has 0 amide bonds. The van der Waals surface area contributed by atoms with Gasteiger partial charge in [0, 0.05) is 12.6 Å². The molecule has 1 aromatic carbocycles. The second-order valence-corrected chi connectivity index (χ2v) is 3.78. The van der Waals surface area contributed by atoms with E-state index in [1.54, 1.807) is 0 Å². The van der Waals surface area contributed by atoms with E-state index in [1.165, 1.54) is 13.2 Å². The van der Waals surface area contributed by atoms with Crippen LogP contribution in [0.2, 0.25) is 0 Å². The zero-order chi connectivity index (χ0) is 13.0. The third kappa shape index (κ3) is 2.68. The Morgan fingerprint density at radius 1 is 1.39 bits per heavy atom. The lowest BCUT2D eigenvalue weighted by molar-refractivity contribution is -0.158. The van der Waals surface area contributed by atoms with Gasteiger partial charge in [-0.1, -0.05) is 30.3 Å². The van der Waals surface area contributed by atoms with Crippen molar-refractivity contribution in [1.82, 2.24) is 5.32 Å². The van der Waals surface area contributed by atoms with E-state index < -0.39 is 18.0 Å². The fraction of sp³-hybridized carbons (Fsp3) is 0.231. The van der Waals surface area contributed by atoms with Crippen LogP contribution in [0.3, 0.4) is 0 Å². The Kier molecular flexibility index (Phi) is 3.62. The van der Waals surface area contributed by atoms with Crippen LogP contribution in [0.4, 0.5) is 0 Å². The van der Waals surface area contributed by atoms with Gasteiger partial charge in [0.2, 0.25) is 6.10 Å². The average molecular weight is 247 g/mol. The smallest absolute Gasteiger partial charge is 0.353 e. The summed E-state index contributed by atoms with van der Waals surface area (Å²) in [6.07, 6.45) is 0.288. The largest absolute Gasteiger partial charge is 0.466 e. The lowest BCUT2D eigenvalue weighted by atomic mass is 10.2. The topological polar surface area (TPSA) is 64.6 Å². The van der Waals surface area contributed by atoms with Crippen LogP contribution in [-0.4, -0.2) is 25.2 Å². The van der Waals surface area contributed by atoms with E-state index in [4.69, 9.17) is 4.74 Å². The summed E-state index contributed by atoms with van der Waals surface area (Å²) >= 11 is 0. The Balaban J connectivity index is 2.01. The van der Waals surface area contributed by atoms with Crippen molar-refractivity contribution in [2.24, 2.45) is 0 Å². The minimum Gasteiger partial charge on any atom is -0.466 e. The molecule has 1 N–H and O–H groups in total. The van der Waals surface area contributed by atoms with E-state index >= 15 is 0 Å². The van der Waals surface area contributed by atoms with E-state index in [-0.39, 0.29) is 0 Å². The van der Waals surface area contributed by atoms with Gasteiger partial charge >= 0.3 is 11.9 Å². The van der Waals surface area contributed by atoms with Crippen LogP contribution in [0.5, 0.6) is 0 Å². The van der Waals surface area contributed by atoms with Crippen LogP contribution < -0.4 is 5.32 Å². The lowest BCUT2D eigenvalue weighted by Gasteiger charge is -2.13. The molecular weight excluding hydrogens is 234 g/mol. The summed E-state index contributed by atoms with van der Waals surface area (Å²) in [6.45, 7) is 0.511. The van der Waals surface area contributed by atoms with Crippen molar-refractivity contribution in [3.05, 3.63) is 47.7 Å². The summed E-state index contributed by atoms with van der Waals surface area (Å²) in [5.74, 6) is -1.13. The normalized spacial score (nSPS) is 17.9. The molecule has 1 aliphatic heterocycles. The molecule has 1 atom stereocenters. The first-order chi connectivity index (χ1) is 8.70. The molecule has 5 heteroatoms. The van der Waals surface area contributed by atoms with Crippen LogP contribution in [0, 0.1) is 0 Å². The molecule has 1 aliphatic rings. The van der Waals surface area contributed by atoms with Gasteiger partial charge in [0.05, 0.1) is 12.8 Å². The van der Waals surface area contributed by atoms with Crippen LogP contribution in [0.25, 0.3) is 0 Å². The standard InChI is InChI=1S/C13H13NO4/c1-17-13(16)12-10(7-11(15)18-12)14-8-9-5-3-2-4-6-9/h2-7,12,14H,8H2,1H3. The van der Waals surface area contributed by atoms with E-state index in [9.17, 15) is 9.59 Å². The maximum Gasteiger partial charge on any atom is 0.353 e. The second kappa shape index (κ2) is 5.35. The number of rotatable bonds is 4. The molecule has 18 heavy (non-hydrogen) atoms. The fourth-order valence-electron chi connectivity index (χ4n) is 1.64. The SMILES string of the molecule is COC(=O)C1OC(=O)C=C1NCc1ccccc1. The number of hydrogen-bond donors (Lipinski definition) is 1. The number of carbonyl (C=O) groups is 2. The molecule has 0 radical (unpaired) electrons. The average Bonchev–Trinajstić information content (AvgIpc) is 2.78. The highest BCUT2D eigenvalue weighted by Gasteiger charge is 2.33. The van der Waals surface area contributed by atoms with Gasteiger partial charge in [0.15, 0.2) is 0 Å². The quantitative estimate of drug-likeness (QED) is 0.796. The van der Waals surface area contributed by atoms with E-state index in [2.05, 4.69) is 10.1 Å². The maximum absolute atomic E-state index is 11.4. The highest BCUT2D eigenvalue weighted by atomic mass is 16.6. The van der Waals surface area contributed by atoms with Gasteiger partial charge in [-0.05, 0) is 5.56 Å². The number of hydrogen-bond acceptors (Lipinski definition) is 5. The van der Waals surface area contributed by atoms with Crippen molar-refractivity contribution < 1.29 is 19.1 Å². The third-order valence-electron chi connectivity index (χ3n) is 2.54. The highest BCUT2D eigenvalue weighted by Crippen LogP contribution is 2.15. The summed E-state index contributed by atoms with van der Waals surface area (Å²) in [7, 11) is 1.25. The zero-order valence-corrected chi connectivity index (χ0v) is 9.88. The van der Waals surface area contributed by atoms with Crippen molar-refractivity contribution in [1.29, 1.82) is 0 Å². The van der Waals surface area contributed by atoms with Crippen molar-refractivity contribution in [3.63, 3.8) is 0 Å². The summed E-state index contributed by atoms with van der Waals surface area (Å²) in [4.78, 5) is 22.6. The van der Waals surface area contributed by atoms with Crippen molar-refractivity contribution in [3.8, 4) is 0 Å². The minimum absolute atomic E-state index is 0.427. The maximum atomic E-state index is 11.4. The number of esters is 2. The molecule has 0 saturated carbocycles. The van der Waals surface area contributed by atoms with E-state index in [1.807, 2.05) is 30.3 Å². The molecule has 94 valence electrons. The van der Waals surface area contributed by atoms with E-state index in [0.29, 0.717) is 12.2 Å². The van der Waals surface area contributed by atoms with Gasteiger partial charge in [0.25, 0.3) is 0 Å². The summed E-state index contributed by atoms with van der Waals surface area (Å²) in [5.41, 5.74) is 1.47. The Morgan fingerprint density at radius 3 is 2.78 bits per heavy atom. The molecule has 0 aromatic heterocycles. The molecule has 0 bridgehead atoms. The van der Waals surface area contributed by atoms with Crippen molar-refractivity contribution >= 4 is 11.9 Å². The molecule has 0 fully saturated rings. The molecule has 1 unspecified atom stereocenters. The van der Waals surface area contributed by atoms with Gasteiger partial charge in [0.1, 0.15) is 0 Å². The molecule has 2 rings (SSSR count).